The number of non-ortho nitro benzene ring substituents is 1. The van der Waals surface area contributed by atoms with Crippen molar-refractivity contribution in [2.24, 2.45) is 0 Å². The molecule has 7 nitrogen and oxygen atoms in total. The van der Waals surface area contributed by atoms with Crippen molar-refractivity contribution in [1.82, 2.24) is 0 Å². The van der Waals surface area contributed by atoms with Crippen molar-refractivity contribution in [1.29, 1.82) is 0 Å². The van der Waals surface area contributed by atoms with E-state index in [2.05, 4.69) is 5.32 Å². The van der Waals surface area contributed by atoms with Crippen molar-refractivity contribution in [2.45, 2.75) is 6.04 Å². The molecule has 8 heteroatoms. The van der Waals surface area contributed by atoms with Crippen LogP contribution >= 0.6 is 22.6 Å². The molecule has 0 saturated heterocycles. The van der Waals surface area contributed by atoms with E-state index in [4.69, 9.17) is 9.84 Å². The van der Waals surface area contributed by atoms with Gasteiger partial charge in [-0.3, -0.25) is 10.1 Å². The molecule has 0 fully saturated rings. The maximum atomic E-state index is 10.9. The van der Waals surface area contributed by atoms with E-state index < -0.39 is 16.9 Å². The van der Waals surface area contributed by atoms with Gasteiger partial charge in [-0.05, 0) is 28.7 Å². The van der Waals surface area contributed by atoms with E-state index in [1.54, 1.807) is 0 Å². The first-order chi connectivity index (χ1) is 8.45. The number of carbonyl (C=O) groups is 1. The van der Waals surface area contributed by atoms with Crippen LogP contribution in [0.2, 0.25) is 0 Å². The van der Waals surface area contributed by atoms with E-state index >= 15 is 0 Å². The van der Waals surface area contributed by atoms with Crippen LogP contribution in [0, 0.1) is 13.7 Å². The van der Waals surface area contributed by atoms with Crippen LogP contribution in [0.3, 0.4) is 0 Å². The molecular formula is C10H11IN2O5. The lowest BCUT2D eigenvalue weighted by atomic mass is 10.2. The predicted molar refractivity (Wildman–Crippen MR) is 72.7 cm³/mol. The number of nitro benzene ring substituents is 1. The van der Waals surface area contributed by atoms with Crippen LogP contribution in [0.4, 0.5) is 11.4 Å². The summed E-state index contributed by atoms with van der Waals surface area (Å²) in [6.07, 6.45) is 0. The molecular weight excluding hydrogens is 355 g/mol. The minimum atomic E-state index is -1.05. The number of ether oxygens (including phenoxy) is 1. The highest BCUT2D eigenvalue weighted by atomic mass is 127. The maximum absolute atomic E-state index is 10.9. The third-order valence-electron chi connectivity index (χ3n) is 2.12. The number of aliphatic carboxylic acids is 1. The second kappa shape index (κ2) is 6.50. The van der Waals surface area contributed by atoms with Gasteiger partial charge in [0, 0.05) is 28.5 Å². The van der Waals surface area contributed by atoms with Crippen LogP contribution < -0.4 is 5.32 Å². The average Bonchev–Trinajstić information content (AvgIpc) is 2.30. The molecule has 2 N–H and O–H groups in total. The Balaban J connectivity index is 2.90. The van der Waals surface area contributed by atoms with E-state index in [0.717, 1.165) is 0 Å². The van der Waals surface area contributed by atoms with Gasteiger partial charge in [0.1, 0.15) is 6.04 Å². The number of hydrogen-bond donors (Lipinski definition) is 2. The van der Waals surface area contributed by atoms with Gasteiger partial charge in [0.2, 0.25) is 0 Å². The van der Waals surface area contributed by atoms with Gasteiger partial charge in [0.25, 0.3) is 5.69 Å². The van der Waals surface area contributed by atoms with Gasteiger partial charge in [-0.1, -0.05) is 0 Å². The lowest BCUT2D eigenvalue weighted by Crippen LogP contribution is -2.33. The fourth-order valence-electron chi connectivity index (χ4n) is 1.26. The first-order valence-corrected chi connectivity index (χ1v) is 5.95. The summed E-state index contributed by atoms with van der Waals surface area (Å²) in [5.74, 6) is -1.05. The zero-order valence-electron chi connectivity index (χ0n) is 9.42. The fourth-order valence-corrected chi connectivity index (χ4v) is 1.92. The molecule has 0 saturated carbocycles. The number of benzene rings is 1. The van der Waals surface area contributed by atoms with Crippen LogP contribution in [-0.2, 0) is 9.53 Å². The summed E-state index contributed by atoms with van der Waals surface area (Å²) in [6.45, 7) is 0.00238. The fraction of sp³-hybridized carbons (Fsp3) is 0.300. The standard InChI is InChI=1S/C10H11IN2O5/c1-18-5-9(10(14)15)12-8-3-2-6(13(16)17)4-7(8)11/h2-4,9,12H,5H2,1H3,(H,14,15). The Morgan fingerprint density at radius 2 is 2.33 bits per heavy atom. The minimum Gasteiger partial charge on any atom is -0.480 e. The lowest BCUT2D eigenvalue weighted by Gasteiger charge is -2.15. The van der Waals surface area contributed by atoms with Gasteiger partial charge >= 0.3 is 5.97 Å². The highest BCUT2D eigenvalue weighted by Crippen LogP contribution is 2.24. The number of nitro groups is 1. The Morgan fingerprint density at radius 3 is 2.78 bits per heavy atom. The van der Waals surface area contributed by atoms with Gasteiger partial charge in [-0.25, -0.2) is 4.79 Å². The van der Waals surface area contributed by atoms with Crippen molar-refractivity contribution in [2.75, 3.05) is 19.0 Å². The summed E-state index contributed by atoms with van der Waals surface area (Å²) < 4.78 is 5.36. The van der Waals surface area contributed by atoms with Gasteiger partial charge in [-0.2, -0.15) is 0 Å². The number of hydrogen-bond acceptors (Lipinski definition) is 5. The van der Waals surface area contributed by atoms with Crippen LogP contribution in [0.5, 0.6) is 0 Å². The summed E-state index contributed by atoms with van der Waals surface area (Å²) in [7, 11) is 1.40. The zero-order chi connectivity index (χ0) is 13.7. The van der Waals surface area contributed by atoms with Gasteiger partial charge in [0.05, 0.1) is 11.5 Å². The molecule has 0 radical (unpaired) electrons. The van der Waals surface area contributed by atoms with Gasteiger partial charge < -0.3 is 15.2 Å². The molecule has 1 unspecified atom stereocenters. The Kier molecular flexibility index (Phi) is 5.28. The Bertz CT molecular complexity index is 466. The second-order valence-corrected chi connectivity index (χ2v) is 4.57. The number of carboxylic acids is 1. The van der Waals surface area contributed by atoms with Crippen LogP contribution in [-0.4, -0.2) is 35.8 Å². The molecule has 1 aromatic carbocycles. The Morgan fingerprint density at radius 1 is 1.67 bits per heavy atom. The van der Waals surface area contributed by atoms with Gasteiger partial charge in [-0.15, -0.1) is 0 Å². The monoisotopic (exact) mass is 366 g/mol. The topological polar surface area (TPSA) is 102 Å². The van der Waals surface area contributed by atoms with Crippen molar-refractivity contribution in [3.63, 3.8) is 0 Å². The molecule has 0 aliphatic rings. The molecule has 0 bridgehead atoms. The minimum absolute atomic E-state index is 0.00238. The molecule has 0 aliphatic heterocycles. The van der Waals surface area contributed by atoms with Crippen LogP contribution in [0.25, 0.3) is 0 Å². The molecule has 0 aliphatic carbocycles. The van der Waals surface area contributed by atoms with Crippen LogP contribution in [0.1, 0.15) is 0 Å². The Labute approximate surface area is 116 Å². The molecule has 1 rings (SSSR count). The smallest absolute Gasteiger partial charge is 0.328 e. The summed E-state index contributed by atoms with van der Waals surface area (Å²) in [5, 5.41) is 22.3. The van der Waals surface area contributed by atoms with E-state index in [1.807, 2.05) is 22.6 Å². The van der Waals surface area contributed by atoms with Crippen molar-refractivity contribution < 1.29 is 19.6 Å². The molecule has 1 aromatic rings. The predicted octanol–water partition coefficient (Wildman–Crippen LogP) is 1.71. The molecule has 0 aromatic heterocycles. The molecule has 0 heterocycles. The third kappa shape index (κ3) is 3.81. The zero-order valence-corrected chi connectivity index (χ0v) is 11.6. The molecule has 18 heavy (non-hydrogen) atoms. The highest BCUT2D eigenvalue weighted by Gasteiger charge is 2.18. The number of carboxylic acid groups (broad SMARTS) is 1. The quantitative estimate of drug-likeness (QED) is 0.452. The second-order valence-electron chi connectivity index (χ2n) is 3.41. The third-order valence-corrected chi connectivity index (χ3v) is 3.02. The summed E-state index contributed by atoms with van der Waals surface area (Å²) in [4.78, 5) is 21.0. The maximum Gasteiger partial charge on any atom is 0.328 e. The number of anilines is 1. The molecule has 98 valence electrons. The highest BCUT2D eigenvalue weighted by molar-refractivity contribution is 14.1. The first kappa shape index (κ1) is 14.6. The number of nitrogens with zero attached hydrogens (tertiary/aromatic N) is 1. The normalized spacial score (nSPS) is 11.9. The average molecular weight is 366 g/mol. The summed E-state index contributed by atoms with van der Waals surface area (Å²) in [5.41, 5.74) is 0.481. The lowest BCUT2D eigenvalue weighted by molar-refractivity contribution is -0.384. The SMILES string of the molecule is COCC(Nc1ccc([N+](=O)[O-])cc1I)C(=O)O. The van der Waals surface area contributed by atoms with E-state index in [1.165, 1.54) is 25.3 Å². The van der Waals surface area contributed by atoms with E-state index in [0.29, 0.717) is 9.26 Å². The van der Waals surface area contributed by atoms with E-state index in [9.17, 15) is 14.9 Å². The van der Waals surface area contributed by atoms with Crippen molar-refractivity contribution in [3.05, 3.63) is 31.9 Å². The first-order valence-electron chi connectivity index (χ1n) is 4.88. The summed E-state index contributed by atoms with van der Waals surface area (Å²) in [6, 6.07) is 3.26. The number of methoxy groups -OCH3 is 1. The van der Waals surface area contributed by atoms with E-state index in [-0.39, 0.29) is 12.3 Å². The van der Waals surface area contributed by atoms with Crippen molar-refractivity contribution >= 4 is 39.9 Å². The molecule has 1 atom stereocenters. The van der Waals surface area contributed by atoms with Crippen molar-refractivity contribution in [3.8, 4) is 0 Å². The van der Waals surface area contributed by atoms with Gasteiger partial charge in [0.15, 0.2) is 0 Å². The number of nitrogens with one attached hydrogen (secondary N) is 1. The summed E-state index contributed by atoms with van der Waals surface area (Å²) >= 11 is 1.90. The largest absolute Gasteiger partial charge is 0.480 e. The van der Waals surface area contributed by atoms with Crippen LogP contribution in [0.15, 0.2) is 18.2 Å². The number of halogens is 1. The molecule has 0 spiro atoms. The Hall–Kier alpha value is -1.42. The number of rotatable bonds is 6. The molecule has 0 amide bonds.